The van der Waals surface area contributed by atoms with Crippen molar-refractivity contribution in [1.29, 1.82) is 0 Å². The highest BCUT2D eigenvalue weighted by Crippen LogP contribution is 2.17. The Bertz CT molecular complexity index is 414. The number of carbonyl (C=O) groups excluding carboxylic acids is 1. The van der Waals surface area contributed by atoms with Gasteiger partial charge in [-0.3, -0.25) is 10.2 Å². The van der Waals surface area contributed by atoms with E-state index in [0.29, 0.717) is 31.9 Å². The van der Waals surface area contributed by atoms with Gasteiger partial charge in [0.05, 0.1) is 13.2 Å². The summed E-state index contributed by atoms with van der Waals surface area (Å²) in [5, 5.41) is 11.4. The Balaban J connectivity index is 2.01. The molecule has 0 radical (unpaired) electrons. The number of benzene rings is 1. The molecule has 1 aromatic carbocycles. The fourth-order valence-corrected chi connectivity index (χ4v) is 1.63. The average molecular weight is 236 g/mol. The van der Waals surface area contributed by atoms with Gasteiger partial charge in [0.15, 0.2) is 0 Å². The molecular formula is C12H16N2O3. The van der Waals surface area contributed by atoms with Crippen LogP contribution in [0.25, 0.3) is 0 Å². The molecule has 1 fully saturated rings. The van der Waals surface area contributed by atoms with E-state index in [1.165, 1.54) is 6.07 Å². The molecule has 1 heterocycles. The molecule has 0 spiro atoms. The van der Waals surface area contributed by atoms with Gasteiger partial charge in [-0.05, 0) is 24.6 Å². The molecule has 1 aliphatic heterocycles. The smallest absolute Gasteiger partial charge is 0.265 e. The number of morpholine rings is 1. The highest BCUT2D eigenvalue weighted by Gasteiger charge is 2.14. The summed E-state index contributed by atoms with van der Waals surface area (Å²) in [6, 6.07) is 4.90. The number of phenolic OH excluding ortho intramolecular Hbond substituents is 1. The van der Waals surface area contributed by atoms with Gasteiger partial charge in [-0.2, -0.15) is 0 Å². The molecular weight excluding hydrogens is 220 g/mol. The number of hydrogen-bond acceptors (Lipinski definition) is 4. The summed E-state index contributed by atoms with van der Waals surface area (Å²) in [7, 11) is 0. The van der Waals surface area contributed by atoms with Crippen LogP contribution >= 0.6 is 0 Å². The first kappa shape index (κ1) is 11.9. The van der Waals surface area contributed by atoms with Crippen LogP contribution in [0.15, 0.2) is 18.2 Å². The summed E-state index contributed by atoms with van der Waals surface area (Å²) in [5.41, 5.74) is 4.00. The highest BCUT2D eigenvalue weighted by molar-refractivity contribution is 5.94. The molecule has 0 saturated carbocycles. The lowest BCUT2D eigenvalue weighted by atomic mass is 10.1. The molecule has 1 aromatic rings. The zero-order valence-electron chi connectivity index (χ0n) is 9.77. The third-order valence-corrected chi connectivity index (χ3v) is 2.74. The van der Waals surface area contributed by atoms with Crippen LogP contribution in [0, 0.1) is 6.92 Å². The lowest BCUT2D eigenvalue weighted by Crippen LogP contribution is -2.48. The van der Waals surface area contributed by atoms with Crippen molar-refractivity contribution in [3.8, 4) is 5.75 Å². The Morgan fingerprint density at radius 1 is 1.41 bits per heavy atom. The van der Waals surface area contributed by atoms with Crippen LogP contribution in [-0.4, -0.2) is 42.3 Å². The molecule has 0 aromatic heterocycles. The summed E-state index contributed by atoms with van der Waals surface area (Å²) in [6.07, 6.45) is 0. The number of carbonyl (C=O) groups is 1. The first-order chi connectivity index (χ1) is 8.16. The van der Waals surface area contributed by atoms with Crippen LogP contribution in [0.3, 0.4) is 0 Å². The number of hydrazine groups is 1. The maximum absolute atomic E-state index is 11.9. The SMILES string of the molecule is Cc1ccc(C(=O)NN2CCOCC2)cc1O. The molecule has 1 saturated heterocycles. The van der Waals surface area contributed by atoms with Crippen molar-refractivity contribution < 1.29 is 14.6 Å². The summed E-state index contributed by atoms with van der Waals surface area (Å²) in [4.78, 5) is 11.9. The van der Waals surface area contributed by atoms with E-state index >= 15 is 0 Å². The number of amides is 1. The van der Waals surface area contributed by atoms with Crippen LogP contribution in [-0.2, 0) is 4.74 Å². The molecule has 0 bridgehead atoms. The minimum Gasteiger partial charge on any atom is -0.508 e. The summed E-state index contributed by atoms with van der Waals surface area (Å²) in [5.74, 6) is -0.0678. The highest BCUT2D eigenvalue weighted by atomic mass is 16.5. The number of aromatic hydroxyl groups is 1. The lowest BCUT2D eigenvalue weighted by molar-refractivity contribution is 0.0126. The average Bonchev–Trinajstić information content (AvgIpc) is 2.34. The Morgan fingerprint density at radius 2 is 2.12 bits per heavy atom. The molecule has 1 aliphatic rings. The second kappa shape index (κ2) is 5.16. The predicted molar refractivity (Wildman–Crippen MR) is 62.7 cm³/mol. The zero-order chi connectivity index (χ0) is 12.3. The van der Waals surface area contributed by atoms with Gasteiger partial charge in [0.2, 0.25) is 0 Å². The van der Waals surface area contributed by atoms with Gasteiger partial charge in [0.1, 0.15) is 5.75 Å². The maximum atomic E-state index is 11.9. The Labute approximate surface area is 100.0 Å². The van der Waals surface area contributed by atoms with Crippen LogP contribution in [0.2, 0.25) is 0 Å². The quantitative estimate of drug-likeness (QED) is 0.792. The topological polar surface area (TPSA) is 61.8 Å². The Morgan fingerprint density at radius 3 is 2.76 bits per heavy atom. The van der Waals surface area contributed by atoms with E-state index < -0.39 is 0 Å². The van der Waals surface area contributed by atoms with Gasteiger partial charge in [-0.1, -0.05) is 6.07 Å². The molecule has 92 valence electrons. The lowest BCUT2D eigenvalue weighted by Gasteiger charge is -2.26. The van der Waals surface area contributed by atoms with Gasteiger partial charge in [-0.15, -0.1) is 0 Å². The monoisotopic (exact) mass is 236 g/mol. The van der Waals surface area contributed by atoms with Gasteiger partial charge in [0.25, 0.3) is 5.91 Å². The molecule has 5 nitrogen and oxygen atoms in total. The second-order valence-electron chi connectivity index (χ2n) is 4.04. The number of ether oxygens (including phenoxy) is 1. The fraction of sp³-hybridized carbons (Fsp3) is 0.417. The van der Waals surface area contributed by atoms with Crippen LogP contribution in [0.1, 0.15) is 15.9 Å². The Hall–Kier alpha value is -1.59. The van der Waals surface area contributed by atoms with Crippen molar-refractivity contribution >= 4 is 5.91 Å². The van der Waals surface area contributed by atoms with Gasteiger partial charge in [-0.25, -0.2) is 5.01 Å². The van der Waals surface area contributed by atoms with Crippen molar-refractivity contribution in [3.05, 3.63) is 29.3 Å². The third-order valence-electron chi connectivity index (χ3n) is 2.74. The second-order valence-corrected chi connectivity index (χ2v) is 4.04. The number of aryl methyl sites for hydroxylation is 1. The standard InChI is InChI=1S/C12H16N2O3/c1-9-2-3-10(8-11(9)15)12(16)13-14-4-6-17-7-5-14/h2-3,8,15H,4-7H2,1H3,(H,13,16). The predicted octanol–water partition coefficient (Wildman–Crippen LogP) is 0.678. The summed E-state index contributed by atoms with van der Waals surface area (Å²) < 4.78 is 5.19. The minimum absolute atomic E-state index is 0.139. The first-order valence-corrected chi connectivity index (χ1v) is 5.60. The Kier molecular flexibility index (Phi) is 3.61. The van der Waals surface area contributed by atoms with E-state index in [4.69, 9.17) is 4.74 Å². The van der Waals surface area contributed by atoms with E-state index in [1.54, 1.807) is 19.1 Å². The van der Waals surface area contributed by atoms with Crippen LogP contribution in [0.4, 0.5) is 0 Å². The molecule has 5 heteroatoms. The summed E-state index contributed by atoms with van der Waals surface area (Å²) in [6.45, 7) is 4.41. The van der Waals surface area contributed by atoms with Crippen molar-refractivity contribution in [2.45, 2.75) is 6.92 Å². The molecule has 0 atom stereocenters. The number of phenols is 1. The normalized spacial score (nSPS) is 16.8. The van der Waals surface area contributed by atoms with Gasteiger partial charge >= 0.3 is 0 Å². The largest absolute Gasteiger partial charge is 0.508 e. The van der Waals surface area contributed by atoms with Crippen molar-refractivity contribution in [2.24, 2.45) is 0 Å². The van der Waals surface area contributed by atoms with E-state index in [2.05, 4.69) is 5.43 Å². The number of nitrogens with one attached hydrogen (secondary N) is 1. The maximum Gasteiger partial charge on any atom is 0.265 e. The van der Waals surface area contributed by atoms with E-state index in [1.807, 2.05) is 5.01 Å². The molecule has 17 heavy (non-hydrogen) atoms. The van der Waals surface area contributed by atoms with E-state index in [0.717, 1.165) is 5.56 Å². The van der Waals surface area contributed by atoms with E-state index in [9.17, 15) is 9.90 Å². The molecule has 2 rings (SSSR count). The number of nitrogens with zero attached hydrogens (tertiary/aromatic N) is 1. The number of hydrogen-bond donors (Lipinski definition) is 2. The molecule has 1 amide bonds. The van der Waals surface area contributed by atoms with Crippen molar-refractivity contribution in [2.75, 3.05) is 26.3 Å². The fourth-order valence-electron chi connectivity index (χ4n) is 1.63. The van der Waals surface area contributed by atoms with Crippen LogP contribution < -0.4 is 5.43 Å². The molecule has 0 unspecified atom stereocenters. The van der Waals surface area contributed by atoms with Gasteiger partial charge in [0, 0.05) is 18.7 Å². The number of rotatable bonds is 2. The van der Waals surface area contributed by atoms with Crippen molar-refractivity contribution in [1.82, 2.24) is 10.4 Å². The van der Waals surface area contributed by atoms with Gasteiger partial charge < -0.3 is 9.84 Å². The third kappa shape index (κ3) is 2.95. The van der Waals surface area contributed by atoms with Crippen molar-refractivity contribution in [3.63, 3.8) is 0 Å². The van der Waals surface area contributed by atoms with Crippen LogP contribution in [0.5, 0.6) is 5.75 Å². The molecule has 0 aliphatic carbocycles. The van der Waals surface area contributed by atoms with E-state index in [-0.39, 0.29) is 11.7 Å². The summed E-state index contributed by atoms with van der Waals surface area (Å²) >= 11 is 0. The minimum atomic E-state index is -0.206. The molecule has 2 N–H and O–H groups in total. The zero-order valence-corrected chi connectivity index (χ0v) is 9.77. The first-order valence-electron chi connectivity index (χ1n) is 5.60.